The molecule has 1 aromatic rings. The molecule has 0 spiro atoms. The number of rotatable bonds is 4. The molecule has 96 valence electrons. The van der Waals surface area contributed by atoms with Gasteiger partial charge in [-0.2, -0.15) is 0 Å². The summed E-state index contributed by atoms with van der Waals surface area (Å²) in [5.74, 6) is -0.933. The molecule has 0 aliphatic carbocycles. The number of nitrogens with zero attached hydrogens (tertiary/aromatic N) is 1. The molecular formula is C13H15NO4. The number of carbonyl (C=O) groups excluding carboxylic acids is 1. The minimum Gasteiger partial charge on any atom is -0.481 e. The zero-order valence-electron chi connectivity index (χ0n) is 10.1. The monoisotopic (exact) mass is 249 g/mol. The van der Waals surface area contributed by atoms with Crippen molar-refractivity contribution >= 4 is 17.7 Å². The Labute approximate surface area is 105 Å². The van der Waals surface area contributed by atoms with E-state index in [4.69, 9.17) is 9.84 Å². The van der Waals surface area contributed by atoms with Gasteiger partial charge in [-0.05, 0) is 18.1 Å². The molecule has 1 aromatic carbocycles. The number of carboxylic acids is 1. The van der Waals surface area contributed by atoms with E-state index < -0.39 is 18.1 Å². The van der Waals surface area contributed by atoms with Gasteiger partial charge in [0.25, 0.3) is 0 Å². The Kier molecular flexibility index (Phi) is 3.50. The molecule has 1 amide bonds. The van der Waals surface area contributed by atoms with Crippen LogP contribution >= 0.6 is 0 Å². The van der Waals surface area contributed by atoms with E-state index in [-0.39, 0.29) is 13.0 Å². The normalized spacial score (nSPS) is 18.8. The molecule has 1 saturated heterocycles. The van der Waals surface area contributed by atoms with Crippen molar-refractivity contribution < 1.29 is 19.4 Å². The van der Waals surface area contributed by atoms with Gasteiger partial charge in [-0.1, -0.05) is 25.1 Å². The standard InChI is InChI=1S/C13H15NO4/c1-2-9-5-3-4-6-11(9)14-10(7-12(15)16)8-18-13(14)17/h3-6,10H,2,7-8H2,1H3,(H,15,16). The minimum absolute atomic E-state index is 0.107. The number of ether oxygens (including phenoxy) is 1. The number of aryl methyl sites for hydroxylation is 1. The lowest BCUT2D eigenvalue weighted by molar-refractivity contribution is -0.137. The maximum Gasteiger partial charge on any atom is 0.414 e. The number of hydrogen-bond donors (Lipinski definition) is 1. The smallest absolute Gasteiger partial charge is 0.414 e. The van der Waals surface area contributed by atoms with Crippen LogP contribution in [0.4, 0.5) is 10.5 Å². The van der Waals surface area contributed by atoms with E-state index in [0.717, 1.165) is 17.7 Å². The van der Waals surface area contributed by atoms with Gasteiger partial charge in [0.05, 0.1) is 18.2 Å². The van der Waals surface area contributed by atoms with Crippen LogP contribution in [0.5, 0.6) is 0 Å². The largest absolute Gasteiger partial charge is 0.481 e. The van der Waals surface area contributed by atoms with E-state index >= 15 is 0 Å². The van der Waals surface area contributed by atoms with Crippen LogP contribution in [0, 0.1) is 0 Å². The zero-order chi connectivity index (χ0) is 13.1. The fourth-order valence-corrected chi connectivity index (χ4v) is 2.15. The number of anilines is 1. The first-order valence-corrected chi connectivity index (χ1v) is 5.89. The van der Waals surface area contributed by atoms with Gasteiger partial charge in [-0.25, -0.2) is 4.79 Å². The first-order chi connectivity index (χ1) is 8.63. The number of carbonyl (C=O) groups is 2. The summed E-state index contributed by atoms with van der Waals surface area (Å²) in [6.45, 7) is 2.12. The number of hydrogen-bond acceptors (Lipinski definition) is 3. The zero-order valence-corrected chi connectivity index (χ0v) is 10.1. The lowest BCUT2D eigenvalue weighted by atomic mass is 10.1. The van der Waals surface area contributed by atoms with Crippen molar-refractivity contribution in [3.63, 3.8) is 0 Å². The number of benzene rings is 1. The maximum absolute atomic E-state index is 11.7. The van der Waals surface area contributed by atoms with Crippen molar-refractivity contribution in [1.29, 1.82) is 0 Å². The molecular weight excluding hydrogens is 234 g/mol. The van der Waals surface area contributed by atoms with Crippen LogP contribution in [0.15, 0.2) is 24.3 Å². The van der Waals surface area contributed by atoms with Crippen molar-refractivity contribution in [2.24, 2.45) is 0 Å². The second kappa shape index (κ2) is 5.08. The Bertz CT molecular complexity index is 472. The average molecular weight is 249 g/mol. The van der Waals surface area contributed by atoms with E-state index in [2.05, 4.69) is 0 Å². The molecule has 5 nitrogen and oxygen atoms in total. The summed E-state index contributed by atoms with van der Waals surface area (Å²) in [4.78, 5) is 24.0. The van der Waals surface area contributed by atoms with Crippen molar-refractivity contribution in [2.75, 3.05) is 11.5 Å². The minimum atomic E-state index is -0.933. The van der Waals surface area contributed by atoms with Gasteiger partial charge in [0, 0.05) is 0 Å². The van der Waals surface area contributed by atoms with Crippen LogP contribution in [0.25, 0.3) is 0 Å². The third kappa shape index (κ3) is 2.30. The van der Waals surface area contributed by atoms with Gasteiger partial charge in [-0.3, -0.25) is 9.69 Å². The van der Waals surface area contributed by atoms with Crippen LogP contribution in [-0.2, 0) is 16.0 Å². The molecule has 18 heavy (non-hydrogen) atoms. The number of carboxylic acid groups (broad SMARTS) is 1. The molecule has 1 atom stereocenters. The lowest BCUT2D eigenvalue weighted by Gasteiger charge is -2.22. The molecule has 1 N–H and O–H groups in total. The van der Waals surface area contributed by atoms with Crippen molar-refractivity contribution in [1.82, 2.24) is 0 Å². The summed E-state index contributed by atoms with van der Waals surface area (Å²) in [7, 11) is 0. The van der Waals surface area contributed by atoms with E-state index in [9.17, 15) is 9.59 Å². The van der Waals surface area contributed by atoms with E-state index in [1.165, 1.54) is 4.90 Å². The van der Waals surface area contributed by atoms with Gasteiger partial charge in [-0.15, -0.1) is 0 Å². The lowest BCUT2D eigenvalue weighted by Crippen LogP contribution is -2.35. The molecule has 1 heterocycles. The Morgan fingerprint density at radius 1 is 1.50 bits per heavy atom. The highest BCUT2D eigenvalue weighted by Crippen LogP contribution is 2.28. The van der Waals surface area contributed by atoms with Gasteiger partial charge < -0.3 is 9.84 Å². The highest BCUT2D eigenvalue weighted by atomic mass is 16.6. The topological polar surface area (TPSA) is 66.8 Å². The van der Waals surface area contributed by atoms with E-state index in [0.29, 0.717) is 0 Å². The Morgan fingerprint density at radius 3 is 2.89 bits per heavy atom. The van der Waals surface area contributed by atoms with Crippen LogP contribution in [0.1, 0.15) is 18.9 Å². The van der Waals surface area contributed by atoms with Crippen LogP contribution in [-0.4, -0.2) is 29.8 Å². The Balaban J connectivity index is 2.33. The molecule has 5 heteroatoms. The molecule has 1 aliphatic rings. The summed E-state index contributed by atoms with van der Waals surface area (Å²) in [6.07, 6.45) is 0.200. The first-order valence-electron chi connectivity index (χ1n) is 5.89. The molecule has 1 unspecified atom stereocenters. The Morgan fingerprint density at radius 2 is 2.22 bits per heavy atom. The van der Waals surface area contributed by atoms with Gasteiger partial charge >= 0.3 is 12.1 Å². The molecule has 0 saturated carbocycles. The number of para-hydroxylation sites is 1. The summed E-state index contributed by atoms with van der Waals surface area (Å²) in [5, 5.41) is 8.86. The third-order valence-electron chi connectivity index (χ3n) is 3.00. The fourth-order valence-electron chi connectivity index (χ4n) is 2.15. The molecule has 2 rings (SSSR count). The highest BCUT2D eigenvalue weighted by Gasteiger charge is 2.36. The van der Waals surface area contributed by atoms with Crippen LogP contribution in [0.3, 0.4) is 0 Å². The second-order valence-electron chi connectivity index (χ2n) is 4.18. The third-order valence-corrected chi connectivity index (χ3v) is 3.00. The molecule has 0 radical (unpaired) electrons. The van der Waals surface area contributed by atoms with Crippen LogP contribution in [0.2, 0.25) is 0 Å². The molecule has 1 aliphatic heterocycles. The molecule has 1 fully saturated rings. The maximum atomic E-state index is 11.7. The summed E-state index contributed by atoms with van der Waals surface area (Å²) >= 11 is 0. The van der Waals surface area contributed by atoms with Crippen molar-refractivity contribution in [2.45, 2.75) is 25.8 Å². The van der Waals surface area contributed by atoms with Gasteiger partial charge in [0.1, 0.15) is 6.61 Å². The molecule has 0 aromatic heterocycles. The second-order valence-corrected chi connectivity index (χ2v) is 4.18. The predicted octanol–water partition coefficient (Wildman–Crippen LogP) is 2.05. The first kappa shape index (κ1) is 12.4. The highest BCUT2D eigenvalue weighted by molar-refractivity contribution is 5.92. The Hall–Kier alpha value is -2.04. The van der Waals surface area contributed by atoms with Crippen molar-refractivity contribution in [3.05, 3.63) is 29.8 Å². The summed E-state index contributed by atoms with van der Waals surface area (Å²) in [6, 6.07) is 7.05. The average Bonchev–Trinajstić information content (AvgIpc) is 2.69. The summed E-state index contributed by atoms with van der Waals surface area (Å²) in [5.41, 5.74) is 1.75. The van der Waals surface area contributed by atoms with E-state index in [1.807, 2.05) is 31.2 Å². The quantitative estimate of drug-likeness (QED) is 0.886. The summed E-state index contributed by atoms with van der Waals surface area (Å²) < 4.78 is 4.96. The molecule has 0 bridgehead atoms. The van der Waals surface area contributed by atoms with E-state index in [1.54, 1.807) is 0 Å². The predicted molar refractivity (Wildman–Crippen MR) is 65.7 cm³/mol. The van der Waals surface area contributed by atoms with Crippen molar-refractivity contribution in [3.8, 4) is 0 Å². The van der Waals surface area contributed by atoms with Gasteiger partial charge in [0.2, 0.25) is 0 Å². The van der Waals surface area contributed by atoms with Gasteiger partial charge in [0.15, 0.2) is 0 Å². The van der Waals surface area contributed by atoms with Crippen LogP contribution < -0.4 is 4.90 Å². The number of cyclic esters (lactones) is 1. The SMILES string of the molecule is CCc1ccccc1N1C(=O)OCC1CC(=O)O. The number of amides is 1. The fraction of sp³-hybridized carbons (Fsp3) is 0.385. The number of aliphatic carboxylic acids is 1.